The quantitative estimate of drug-likeness (QED) is 0.101. The van der Waals surface area contributed by atoms with Gasteiger partial charge in [-0.05, 0) is 89.2 Å². The Morgan fingerprint density at radius 2 is 1.18 bits per heavy atom. The van der Waals surface area contributed by atoms with Gasteiger partial charge in [0.2, 0.25) is 5.91 Å². The average Bonchev–Trinajstić information content (AvgIpc) is 4.14. The van der Waals surface area contributed by atoms with Crippen LogP contribution in [-0.2, 0) is 19.1 Å². The van der Waals surface area contributed by atoms with Gasteiger partial charge < -0.3 is 39.9 Å². The number of methoxy groups -OCH3 is 2. The number of benzene rings is 4. The van der Waals surface area contributed by atoms with Crippen molar-refractivity contribution < 1.29 is 28.7 Å². The molecule has 8 rings (SSSR count). The van der Waals surface area contributed by atoms with Crippen LogP contribution in [0.1, 0.15) is 80.4 Å². The number of aromatic nitrogens is 4. The zero-order valence-corrected chi connectivity index (χ0v) is 35.6. The number of nitrogens with zero attached hydrogens (tertiary/aromatic N) is 4. The minimum absolute atomic E-state index is 0.108. The third-order valence-electron chi connectivity index (χ3n) is 12.2. The highest BCUT2D eigenvalue weighted by Gasteiger charge is 2.39. The van der Waals surface area contributed by atoms with Gasteiger partial charge >= 0.3 is 12.2 Å². The number of amides is 4. The molecule has 4 amide bonds. The third-order valence-corrected chi connectivity index (χ3v) is 12.2. The van der Waals surface area contributed by atoms with E-state index in [1.807, 2.05) is 62.3 Å². The van der Waals surface area contributed by atoms with Crippen LogP contribution in [0.3, 0.4) is 0 Å². The number of aryl methyl sites for hydroxylation is 1. The Morgan fingerprint density at radius 3 is 1.77 bits per heavy atom. The van der Waals surface area contributed by atoms with Gasteiger partial charge in [0.15, 0.2) is 0 Å². The number of likely N-dealkylation sites (tertiary alicyclic amines) is 2. The van der Waals surface area contributed by atoms with Gasteiger partial charge in [-0.2, -0.15) is 0 Å². The summed E-state index contributed by atoms with van der Waals surface area (Å²) in [6.07, 6.45) is 5.53. The highest BCUT2D eigenvalue weighted by molar-refractivity contribution is 5.91. The topological polar surface area (TPSA) is 175 Å². The molecule has 4 atom stereocenters. The van der Waals surface area contributed by atoms with Crippen LogP contribution in [0.15, 0.2) is 97.3 Å². The van der Waals surface area contributed by atoms with Crippen LogP contribution in [-0.4, -0.2) is 87.1 Å². The summed E-state index contributed by atoms with van der Waals surface area (Å²) in [5, 5.41) is 7.64. The molecule has 0 saturated carbocycles. The number of alkyl carbamates (subject to hydrolysis) is 2. The van der Waals surface area contributed by atoms with E-state index in [4.69, 9.17) is 19.4 Å². The van der Waals surface area contributed by atoms with Crippen molar-refractivity contribution >= 4 is 34.8 Å². The Kier molecular flexibility index (Phi) is 12.1. The monoisotopic (exact) mass is 836 g/mol. The van der Waals surface area contributed by atoms with E-state index >= 15 is 0 Å². The van der Waals surface area contributed by atoms with E-state index in [0.717, 1.165) is 87.0 Å². The fourth-order valence-corrected chi connectivity index (χ4v) is 8.77. The maximum absolute atomic E-state index is 14.1. The lowest BCUT2D eigenvalue weighted by atomic mass is 9.98. The van der Waals surface area contributed by atoms with Crippen LogP contribution >= 0.6 is 0 Å². The van der Waals surface area contributed by atoms with Crippen molar-refractivity contribution in [2.75, 3.05) is 27.3 Å². The Bertz CT molecular complexity index is 2600. The first-order valence-corrected chi connectivity index (χ1v) is 21.1. The number of carbonyl (C=O) groups excluding carboxylic acids is 4. The molecule has 14 nitrogen and oxygen atoms in total. The van der Waals surface area contributed by atoms with Gasteiger partial charge in [-0.15, -0.1) is 0 Å². The molecule has 4 N–H and O–H groups in total. The fourth-order valence-electron chi connectivity index (χ4n) is 8.77. The number of carbonyl (C=O) groups is 4. The van der Waals surface area contributed by atoms with E-state index in [1.165, 1.54) is 14.2 Å². The molecule has 2 aromatic heterocycles. The van der Waals surface area contributed by atoms with Crippen molar-refractivity contribution in [2.24, 2.45) is 5.92 Å². The molecule has 0 radical (unpaired) electrons. The van der Waals surface area contributed by atoms with E-state index < -0.39 is 24.3 Å². The Balaban J connectivity index is 0.946. The predicted molar refractivity (Wildman–Crippen MR) is 236 cm³/mol. The van der Waals surface area contributed by atoms with Crippen LogP contribution in [0.2, 0.25) is 0 Å². The zero-order valence-electron chi connectivity index (χ0n) is 35.6. The SMILES string of the molecule is COC(=O)NC(C(=O)N1CCCC1c1ncc(-c2ccc(-c3ccc4cc(-c5cnc(C6CCCN6C(=O)C(NC(=O)OC)C(C)C)[nH]5)ccc4c3)cc2)[nH]1)c1ccccc1C. The summed E-state index contributed by atoms with van der Waals surface area (Å²) in [4.78, 5) is 72.0. The van der Waals surface area contributed by atoms with Crippen molar-refractivity contribution in [3.63, 3.8) is 0 Å². The molecule has 0 aliphatic carbocycles. The number of fused-ring (bicyclic) bond motifs is 1. The molecule has 6 aromatic rings. The Hall–Kier alpha value is -6.96. The van der Waals surface area contributed by atoms with Crippen molar-refractivity contribution in [1.29, 1.82) is 0 Å². The van der Waals surface area contributed by atoms with E-state index in [2.05, 4.69) is 81.3 Å². The summed E-state index contributed by atoms with van der Waals surface area (Å²) in [5.41, 5.74) is 7.47. The molecule has 320 valence electrons. The Morgan fingerprint density at radius 1 is 0.661 bits per heavy atom. The van der Waals surface area contributed by atoms with Crippen LogP contribution in [0.4, 0.5) is 9.59 Å². The van der Waals surface area contributed by atoms with Gasteiger partial charge in [0.05, 0.1) is 50.1 Å². The summed E-state index contributed by atoms with van der Waals surface area (Å²) < 4.78 is 9.65. The maximum Gasteiger partial charge on any atom is 0.407 e. The number of ether oxygens (including phenoxy) is 2. The lowest BCUT2D eigenvalue weighted by Gasteiger charge is -2.30. The molecule has 62 heavy (non-hydrogen) atoms. The summed E-state index contributed by atoms with van der Waals surface area (Å²) >= 11 is 0. The van der Waals surface area contributed by atoms with E-state index in [1.54, 1.807) is 4.90 Å². The van der Waals surface area contributed by atoms with Crippen molar-refractivity contribution in [3.05, 3.63) is 120 Å². The van der Waals surface area contributed by atoms with Gasteiger partial charge in [0.1, 0.15) is 23.7 Å². The molecule has 2 aliphatic heterocycles. The zero-order chi connectivity index (χ0) is 43.5. The first-order chi connectivity index (χ1) is 30.0. The molecule has 4 aromatic carbocycles. The van der Waals surface area contributed by atoms with Crippen LogP contribution < -0.4 is 10.6 Å². The van der Waals surface area contributed by atoms with E-state index in [-0.39, 0.29) is 29.8 Å². The standard InChI is InChI=1S/C48H52N8O6/c1-28(2)41(53-47(59)61-4)45(57)55-22-8-12-39(55)44-50-27-38(52-44)35-21-20-33-24-32(18-19-34(33)25-35)30-14-16-31(17-15-30)37-26-49-43(51-37)40-13-9-23-56(40)46(58)42(54-48(60)62-5)36-11-7-6-10-29(36)3/h6-7,10-11,14-21,24-28,39-42H,8-9,12-13,22-23H2,1-5H3,(H,49,51)(H,50,52)(H,53,59)(H,54,60). The summed E-state index contributed by atoms with van der Waals surface area (Å²) in [7, 11) is 2.58. The second-order valence-electron chi connectivity index (χ2n) is 16.4. The number of nitrogens with one attached hydrogen (secondary N) is 4. The smallest absolute Gasteiger partial charge is 0.407 e. The summed E-state index contributed by atoms with van der Waals surface area (Å²) in [5.74, 6) is 0.981. The lowest BCUT2D eigenvalue weighted by Crippen LogP contribution is -2.51. The molecule has 0 spiro atoms. The van der Waals surface area contributed by atoms with Crippen LogP contribution in [0, 0.1) is 12.8 Å². The molecule has 4 unspecified atom stereocenters. The number of hydrogen-bond acceptors (Lipinski definition) is 8. The highest BCUT2D eigenvalue weighted by Crippen LogP contribution is 2.36. The normalized spacial score (nSPS) is 17.3. The largest absolute Gasteiger partial charge is 0.453 e. The van der Waals surface area contributed by atoms with Gasteiger partial charge in [-0.3, -0.25) is 9.59 Å². The minimum atomic E-state index is -0.885. The van der Waals surface area contributed by atoms with Crippen molar-refractivity contribution in [3.8, 4) is 33.6 Å². The first kappa shape index (κ1) is 41.8. The van der Waals surface area contributed by atoms with Gasteiger partial charge in [-0.1, -0.05) is 86.6 Å². The first-order valence-electron chi connectivity index (χ1n) is 21.1. The summed E-state index contributed by atoms with van der Waals surface area (Å²) in [6, 6.07) is 26.6. The van der Waals surface area contributed by atoms with Gasteiger partial charge in [-0.25, -0.2) is 19.6 Å². The number of imidazole rings is 2. The highest BCUT2D eigenvalue weighted by atomic mass is 16.5. The van der Waals surface area contributed by atoms with Crippen molar-refractivity contribution in [2.45, 2.75) is 70.6 Å². The molecule has 0 bridgehead atoms. The minimum Gasteiger partial charge on any atom is -0.453 e. The van der Waals surface area contributed by atoms with Crippen molar-refractivity contribution in [1.82, 2.24) is 40.4 Å². The molecule has 4 heterocycles. The number of aromatic amines is 2. The lowest BCUT2D eigenvalue weighted by molar-refractivity contribution is -0.135. The molecule has 2 aliphatic rings. The van der Waals surface area contributed by atoms with Crippen LogP contribution in [0.25, 0.3) is 44.4 Å². The van der Waals surface area contributed by atoms with Gasteiger partial charge in [0.25, 0.3) is 5.91 Å². The second-order valence-corrected chi connectivity index (χ2v) is 16.4. The van der Waals surface area contributed by atoms with E-state index in [9.17, 15) is 19.2 Å². The molecular weight excluding hydrogens is 785 g/mol. The second kappa shape index (κ2) is 17.9. The summed E-state index contributed by atoms with van der Waals surface area (Å²) in [6.45, 7) is 6.88. The number of hydrogen-bond donors (Lipinski definition) is 4. The molecule has 14 heteroatoms. The number of rotatable bonds is 11. The molecule has 2 saturated heterocycles. The molecule has 2 fully saturated rings. The van der Waals surface area contributed by atoms with Crippen LogP contribution in [0.5, 0.6) is 0 Å². The fraction of sp³-hybridized carbons (Fsp3) is 0.333. The maximum atomic E-state index is 14.1. The third kappa shape index (κ3) is 8.49. The Labute approximate surface area is 360 Å². The molecular formula is C48H52N8O6. The van der Waals surface area contributed by atoms with Gasteiger partial charge in [0, 0.05) is 18.7 Å². The van der Waals surface area contributed by atoms with E-state index in [0.29, 0.717) is 18.9 Å². The average molecular weight is 837 g/mol. The number of H-pyrrole nitrogens is 2. The predicted octanol–water partition coefficient (Wildman–Crippen LogP) is 8.40.